The van der Waals surface area contributed by atoms with Gasteiger partial charge in [-0.05, 0) is 44.9 Å². The molecule has 7 heteroatoms. The van der Waals surface area contributed by atoms with Crippen LogP contribution in [0.5, 0.6) is 0 Å². The summed E-state index contributed by atoms with van der Waals surface area (Å²) in [7, 11) is 0. The first kappa shape index (κ1) is 25.4. The van der Waals surface area contributed by atoms with Crippen LogP contribution < -0.4 is 5.32 Å². The molecule has 2 aliphatic rings. The van der Waals surface area contributed by atoms with Gasteiger partial charge in [0.05, 0.1) is 12.2 Å². The van der Waals surface area contributed by atoms with Gasteiger partial charge in [0.1, 0.15) is 4.99 Å². The predicted octanol–water partition coefficient (Wildman–Crippen LogP) is 4.19. The fourth-order valence-corrected chi connectivity index (χ4v) is 5.30. The molecule has 1 amide bonds. The third-order valence-corrected chi connectivity index (χ3v) is 7.25. The highest BCUT2D eigenvalue weighted by atomic mass is 32.1. The van der Waals surface area contributed by atoms with Crippen LogP contribution in [-0.2, 0) is 14.3 Å². The summed E-state index contributed by atoms with van der Waals surface area (Å²) in [5, 5.41) is 11.9. The van der Waals surface area contributed by atoms with E-state index in [4.69, 9.17) is 22.1 Å². The molecule has 2 fully saturated rings. The SMILES string of the molecule is CCN(CCC(=O)NC[C@H]1[C@@H](CC=CCCCC(=O)O)[C@H]2CC[C@@H]1O2)C(=S)c1ccccc1. The number of unbranched alkanes of at least 4 members (excludes halogenated alkanes) is 1. The zero-order valence-electron chi connectivity index (χ0n) is 19.4. The van der Waals surface area contributed by atoms with Gasteiger partial charge in [-0.25, -0.2) is 0 Å². The summed E-state index contributed by atoms with van der Waals surface area (Å²) < 4.78 is 6.15. The largest absolute Gasteiger partial charge is 0.481 e. The zero-order valence-corrected chi connectivity index (χ0v) is 20.3. The molecule has 6 nitrogen and oxygen atoms in total. The molecule has 0 aliphatic carbocycles. The fourth-order valence-electron chi connectivity index (χ4n) is 4.95. The first-order chi connectivity index (χ1) is 16.0. The Morgan fingerprint density at radius 3 is 2.58 bits per heavy atom. The lowest BCUT2D eigenvalue weighted by atomic mass is 9.77. The van der Waals surface area contributed by atoms with Crippen molar-refractivity contribution in [1.82, 2.24) is 10.2 Å². The summed E-state index contributed by atoms with van der Waals surface area (Å²) in [5.41, 5.74) is 1.01. The number of nitrogens with one attached hydrogen (secondary N) is 1. The van der Waals surface area contributed by atoms with Crippen molar-refractivity contribution < 1.29 is 19.4 Å². The second-order valence-electron chi connectivity index (χ2n) is 8.92. The first-order valence-corrected chi connectivity index (χ1v) is 12.5. The molecule has 3 rings (SSSR count). The molecule has 2 heterocycles. The molecule has 0 aromatic heterocycles. The number of aliphatic carboxylic acids is 1. The minimum atomic E-state index is -0.746. The standard InChI is InChI=1S/C26H36N2O4S/c1-2-28(26(33)19-10-6-5-7-11-19)17-16-24(29)27-18-21-20(22-14-15-23(21)32-22)12-8-3-4-9-13-25(30)31/h3,5-8,10-11,20-23H,2,4,9,12-18H2,1H3,(H,27,29)(H,30,31)/t20-,21+,22-,23+/m1/s1. The van der Waals surface area contributed by atoms with E-state index in [0.717, 1.165) is 42.8 Å². The number of hydrogen-bond donors (Lipinski definition) is 2. The van der Waals surface area contributed by atoms with E-state index in [1.165, 1.54) is 0 Å². The number of allylic oxidation sites excluding steroid dienone is 2. The quantitative estimate of drug-likeness (QED) is 0.255. The van der Waals surface area contributed by atoms with Crippen LogP contribution in [0.15, 0.2) is 42.5 Å². The average molecular weight is 473 g/mol. The van der Waals surface area contributed by atoms with Crippen LogP contribution in [0.2, 0.25) is 0 Å². The molecule has 0 unspecified atom stereocenters. The van der Waals surface area contributed by atoms with Crippen molar-refractivity contribution in [2.75, 3.05) is 19.6 Å². The van der Waals surface area contributed by atoms with Crippen LogP contribution in [0.4, 0.5) is 0 Å². The maximum absolute atomic E-state index is 12.6. The lowest BCUT2D eigenvalue weighted by Crippen LogP contribution is -2.39. The Morgan fingerprint density at radius 2 is 1.88 bits per heavy atom. The second-order valence-corrected chi connectivity index (χ2v) is 9.30. The molecule has 1 aromatic carbocycles. The molecule has 2 bridgehead atoms. The number of carbonyl (C=O) groups is 2. The second kappa shape index (κ2) is 12.8. The minimum absolute atomic E-state index is 0.0510. The van der Waals surface area contributed by atoms with Crippen LogP contribution in [0.3, 0.4) is 0 Å². The van der Waals surface area contributed by atoms with Crippen LogP contribution in [0.25, 0.3) is 0 Å². The van der Waals surface area contributed by atoms with Crippen molar-refractivity contribution >= 4 is 29.1 Å². The maximum Gasteiger partial charge on any atom is 0.303 e. The summed E-state index contributed by atoms with van der Waals surface area (Å²) >= 11 is 5.62. The van der Waals surface area contributed by atoms with Gasteiger partial charge in [0.25, 0.3) is 0 Å². The number of fused-ring (bicyclic) bond motifs is 2. The molecule has 1 aromatic rings. The number of ether oxygens (including phenoxy) is 1. The van der Waals surface area contributed by atoms with E-state index in [1.54, 1.807) is 0 Å². The molecular weight excluding hydrogens is 436 g/mol. The van der Waals surface area contributed by atoms with Crippen molar-refractivity contribution in [2.24, 2.45) is 11.8 Å². The summed E-state index contributed by atoms with van der Waals surface area (Å²) in [4.78, 5) is 26.1. The van der Waals surface area contributed by atoms with E-state index in [1.807, 2.05) is 30.3 Å². The molecule has 2 N–H and O–H groups in total. The number of amides is 1. The van der Waals surface area contributed by atoms with Gasteiger partial charge in [-0.15, -0.1) is 0 Å². The number of benzene rings is 1. The molecule has 0 saturated carbocycles. The van der Waals surface area contributed by atoms with Crippen molar-refractivity contribution in [2.45, 2.75) is 64.1 Å². The Balaban J connectivity index is 1.42. The Kier molecular flexibility index (Phi) is 9.88. The average Bonchev–Trinajstić information content (AvgIpc) is 3.42. The number of nitrogens with zero attached hydrogens (tertiary/aromatic N) is 1. The Hall–Kier alpha value is -2.25. The number of hydrogen-bond acceptors (Lipinski definition) is 4. The number of carboxylic acids is 1. The molecule has 2 saturated heterocycles. The van der Waals surface area contributed by atoms with E-state index >= 15 is 0 Å². The Morgan fingerprint density at radius 1 is 1.15 bits per heavy atom. The van der Waals surface area contributed by atoms with Gasteiger partial charge in [-0.1, -0.05) is 54.7 Å². The molecule has 0 radical (unpaired) electrons. The molecule has 180 valence electrons. The highest BCUT2D eigenvalue weighted by molar-refractivity contribution is 7.80. The highest BCUT2D eigenvalue weighted by Gasteiger charge is 2.47. The fraction of sp³-hybridized carbons (Fsp3) is 0.577. The lowest BCUT2D eigenvalue weighted by Gasteiger charge is -2.28. The topological polar surface area (TPSA) is 78.9 Å². The van der Waals surface area contributed by atoms with Gasteiger partial charge >= 0.3 is 5.97 Å². The smallest absolute Gasteiger partial charge is 0.303 e. The molecule has 2 aliphatic heterocycles. The van der Waals surface area contributed by atoms with Crippen LogP contribution in [-0.4, -0.2) is 58.7 Å². The normalized spacial score (nSPS) is 23.7. The van der Waals surface area contributed by atoms with Crippen molar-refractivity contribution in [1.29, 1.82) is 0 Å². The summed E-state index contributed by atoms with van der Waals surface area (Å²) in [6, 6.07) is 9.92. The first-order valence-electron chi connectivity index (χ1n) is 12.1. The van der Waals surface area contributed by atoms with E-state index in [0.29, 0.717) is 37.8 Å². The Bertz CT molecular complexity index is 829. The third-order valence-electron chi connectivity index (χ3n) is 6.76. The minimum Gasteiger partial charge on any atom is -0.481 e. The van der Waals surface area contributed by atoms with Gasteiger partial charge in [-0.3, -0.25) is 9.59 Å². The predicted molar refractivity (Wildman–Crippen MR) is 133 cm³/mol. The van der Waals surface area contributed by atoms with Crippen molar-refractivity contribution in [3.05, 3.63) is 48.0 Å². The van der Waals surface area contributed by atoms with Crippen molar-refractivity contribution in [3.8, 4) is 0 Å². The van der Waals surface area contributed by atoms with E-state index in [-0.39, 0.29) is 24.5 Å². The van der Waals surface area contributed by atoms with Gasteiger partial charge in [0.2, 0.25) is 5.91 Å². The summed E-state index contributed by atoms with van der Waals surface area (Å²) in [6.07, 6.45) is 9.91. The van der Waals surface area contributed by atoms with E-state index < -0.39 is 5.97 Å². The van der Waals surface area contributed by atoms with Gasteiger partial charge in [0, 0.05) is 44.0 Å². The summed E-state index contributed by atoms with van der Waals surface area (Å²) in [5.74, 6) is 0.0568. The highest BCUT2D eigenvalue weighted by Crippen LogP contribution is 2.44. The lowest BCUT2D eigenvalue weighted by molar-refractivity contribution is -0.137. The van der Waals surface area contributed by atoms with Crippen molar-refractivity contribution in [3.63, 3.8) is 0 Å². The van der Waals surface area contributed by atoms with Gasteiger partial charge in [-0.2, -0.15) is 0 Å². The molecule has 4 atom stereocenters. The summed E-state index contributed by atoms with van der Waals surface area (Å²) in [6.45, 7) is 4.07. The van der Waals surface area contributed by atoms with Crippen LogP contribution >= 0.6 is 12.2 Å². The third kappa shape index (κ3) is 7.37. The number of carboxylic acid groups (broad SMARTS) is 1. The van der Waals surface area contributed by atoms with Gasteiger partial charge < -0.3 is 20.1 Å². The van der Waals surface area contributed by atoms with E-state index in [9.17, 15) is 9.59 Å². The Labute approximate surface area is 202 Å². The molecule has 0 spiro atoms. The monoisotopic (exact) mass is 472 g/mol. The molecular formula is C26H36N2O4S. The zero-order chi connectivity index (χ0) is 23.6. The number of carbonyl (C=O) groups excluding carboxylic acids is 1. The number of thiocarbonyl (C=S) groups is 1. The van der Waals surface area contributed by atoms with Crippen LogP contribution in [0.1, 0.15) is 57.4 Å². The maximum atomic E-state index is 12.6. The molecule has 33 heavy (non-hydrogen) atoms. The van der Waals surface area contributed by atoms with Gasteiger partial charge in [0.15, 0.2) is 0 Å². The van der Waals surface area contributed by atoms with Crippen LogP contribution in [0, 0.1) is 11.8 Å². The van der Waals surface area contributed by atoms with E-state index in [2.05, 4.69) is 29.3 Å². The number of rotatable bonds is 13.